The molecule has 2 saturated heterocycles. The Hall–Kier alpha value is -3.58. The van der Waals surface area contributed by atoms with Crippen molar-refractivity contribution in [3.63, 3.8) is 0 Å². The van der Waals surface area contributed by atoms with E-state index in [1.54, 1.807) is 24.8 Å². The van der Waals surface area contributed by atoms with Crippen LogP contribution in [0.2, 0.25) is 0 Å². The Morgan fingerprint density at radius 2 is 1.84 bits per heavy atom. The fourth-order valence-corrected chi connectivity index (χ4v) is 6.11. The first kappa shape index (κ1) is 29.5. The van der Waals surface area contributed by atoms with E-state index in [2.05, 4.69) is 15.5 Å². The molecule has 2 atom stereocenters. The quantitative estimate of drug-likeness (QED) is 0.422. The number of alkyl halides is 4. The second kappa shape index (κ2) is 11.8. The first-order valence-corrected chi connectivity index (χ1v) is 14.6. The number of likely N-dealkylation sites (tertiary alicyclic amines) is 1. The predicted molar refractivity (Wildman–Crippen MR) is 149 cm³/mol. The maximum Gasteiger partial charge on any atom is 0.416 e. The number of hydrogen-bond donors (Lipinski definition) is 1. The summed E-state index contributed by atoms with van der Waals surface area (Å²) in [6, 6.07) is 5.36. The molecule has 0 saturated carbocycles. The molecular weight excluding hydrogens is 568 g/mol. The van der Waals surface area contributed by atoms with Crippen molar-refractivity contribution < 1.29 is 31.6 Å². The zero-order valence-electron chi connectivity index (χ0n) is 24.1. The number of aryl methyl sites for hydroxylation is 1. The highest BCUT2D eigenvalue weighted by molar-refractivity contribution is 5.95. The molecule has 9 nitrogen and oxygen atoms in total. The number of nitrogens with one attached hydrogen (secondary N) is 1. The van der Waals surface area contributed by atoms with Gasteiger partial charge >= 0.3 is 6.18 Å². The number of hydrogen-bond acceptors (Lipinski definition) is 8. The van der Waals surface area contributed by atoms with E-state index in [9.17, 15) is 22.4 Å². The summed E-state index contributed by atoms with van der Waals surface area (Å²) < 4.78 is 65.0. The Morgan fingerprint density at radius 1 is 1.05 bits per heavy atom. The van der Waals surface area contributed by atoms with Gasteiger partial charge in [0.2, 0.25) is 0 Å². The molecule has 43 heavy (non-hydrogen) atoms. The molecule has 0 radical (unpaired) electrons. The highest BCUT2D eigenvalue weighted by Gasteiger charge is 2.34. The number of amides is 1. The van der Waals surface area contributed by atoms with Crippen molar-refractivity contribution in [3.8, 4) is 11.5 Å². The van der Waals surface area contributed by atoms with Crippen molar-refractivity contribution >= 4 is 11.7 Å². The van der Waals surface area contributed by atoms with E-state index in [0.29, 0.717) is 80.3 Å². The number of benzene rings is 1. The molecule has 0 spiro atoms. The van der Waals surface area contributed by atoms with Crippen LogP contribution in [-0.4, -0.2) is 77.0 Å². The van der Waals surface area contributed by atoms with Crippen molar-refractivity contribution in [2.24, 2.45) is 0 Å². The lowest BCUT2D eigenvalue weighted by Crippen LogP contribution is -2.52. The van der Waals surface area contributed by atoms with Gasteiger partial charge in [0, 0.05) is 56.5 Å². The van der Waals surface area contributed by atoms with E-state index >= 15 is 0 Å². The van der Waals surface area contributed by atoms with Crippen molar-refractivity contribution in [1.82, 2.24) is 25.3 Å². The first-order chi connectivity index (χ1) is 20.6. The first-order valence-electron chi connectivity index (χ1n) is 14.6. The standard InChI is InChI=1S/C30H34F4N6O3/c1-17-13-25(38-43-17)27-36-26(29(41)39-10-6-22(7-11-39)35-24-8-12-42-16-23(24)31)18(2)28(37-27)40-9-5-19-3-4-21(30(32,33)34)14-20(19)15-40/h3-4,13-14,22-24,35H,5-12,15-16H2,1-2H3/t23-,24+/m0/s1. The molecule has 0 unspecified atom stereocenters. The molecule has 1 N–H and O–H groups in total. The largest absolute Gasteiger partial charge is 0.416 e. The van der Waals surface area contributed by atoms with E-state index in [1.165, 1.54) is 12.1 Å². The molecule has 0 aliphatic carbocycles. The number of nitrogens with zero attached hydrogens (tertiary/aromatic N) is 5. The zero-order valence-corrected chi connectivity index (χ0v) is 24.1. The number of ether oxygens (including phenoxy) is 1. The molecule has 6 rings (SSSR count). The Balaban J connectivity index is 1.26. The van der Waals surface area contributed by atoms with Crippen LogP contribution in [0.4, 0.5) is 23.4 Å². The minimum Gasteiger partial charge on any atom is -0.378 e. The molecule has 2 aromatic heterocycles. The van der Waals surface area contributed by atoms with Crippen molar-refractivity contribution in [2.45, 2.75) is 70.5 Å². The van der Waals surface area contributed by atoms with Gasteiger partial charge in [-0.25, -0.2) is 14.4 Å². The Labute approximate surface area is 246 Å². The Bertz CT molecular complexity index is 1490. The maximum absolute atomic E-state index is 14.3. The van der Waals surface area contributed by atoms with Gasteiger partial charge in [0.1, 0.15) is 23.4 Å². The van der Waals surface area contributed by atoms with Crippen LogP contribution in [0.1, 0.15) is 57.8 Å². The SMILES string of the molecule is Cc1cc(-c2nc(C(=O)N3CCC(N[C@@H]4CCOC[C@@H]4F)CC3)c(C)c(N3CCc4ccc(C(F)(F)F)cc4C3)n2)no1. The summed E-state index contributed by atoms with van der Waals surface area (Å²) in [7, 11) is 0. The van der Waals surface area contributed by atoms with Crippen LogP contribution in [0.3, 0.4) is 0 Å². The molecule has 3 aliphatic heterocycles. The van der Waals surface area contributed by atoms with Gasteiger partial charge < -0.3 is 24.4 Å². The second-order valence-electron chi connectivity index (χ2n) is 11.5. The molecule has 230 valence electrons. The number of rotatable bonds is 5. The van der Waals surface area contributed by atoms with Gasteiger partial charge in [0.25, 0.3) is 5.91 Å². The molecule has 2 fully saturated rings. The lowest BCUT2D eigenvalue weighted by molar-refractivity contribution is -0.137. The summed E-state index contributed by atoms with van der Waals surface area (Å²) in [4.78, 5) is 26.9. The van der Waals surface area contributed by atoms with E-state index in [0.717, 1.165) is 11.6 Å². The minimum absolute atomic E-state index is 0.0936. The lowest BCUT2D eigenvalue weighted by Gasteiger charge is -2.37. The van der Waals surface area contributed by atoms with Crippen molar-refractivity contribution in [3.05, 3.63) is 58.0 Å². The zero-order chi connectivity index (χ0) is 30.3. The van der Waals surface area contributed by atoms with Crippen LogP contribution in [0.25, 0.3) is 11.5 Å². The topological polar surface area (TPSA) is 96.6 Å². The molecule has 1 aromatic carbocycles. The van der Waals surface area contributed by atoms with Crippen molar-refractivity contribution in [2.75, 3.05) is 37.7 Å². The summed E-state index contributed by atoms with van der Waals surface area (Å²) in [5.41, 5.74) is 1.86. The van der Waals surface area contributed by atoms with E-state index in [-0.39, 0.29) is 42.7 Å². The normalized spacial score (nSPS) is 21.6. The summed E-state index contributed by atoms with van der Waals surface area (Å²) in [6.07, 6.45) is -2.99. The number of aromatic nitrogens is 3. The average Bonchev–Trinajstić information content (AvgIpc) is 3.43. The molecular formula is C30H34F4N6O3. The number of carbonyl (C=O) groups is 1. The van der Waals surface area contributed by atoms with E-state index in [4.69, 9.17) is 14.2 Å². The van der Waals surface area contributed by atoms with Gasteiger partial charge in [0.15, 0.2) is 11.5 Å². The van der Waals surface area contributed by atoms with Crippen LogP contribution in [0.15, 0.2) is 28.8 Å². The van der Waals surface area contributed by atoms with E-state index in [1.807, 2.05) is 4.90 Å². The number of fused-ring (bicyclic) bond motifs is 1. The molecule has 5 heterocycles. The summed E-state index contributed by atoms with van der Waals surface area (Å²) >= 11 is 0. The molecule has 13 heteroatoms. The lowest BCUT2D eigenvalue weighted by atomic mass is 9.96. The fourth-order valence-electron chi connectivity index (χ4n) is 6.11. The Morgan fingerprint density at radius 3 is 2.53 bits per heavy atom. The molecule has 3 aromatic rings. The average molecular weight is 603 g/mol. The third-order valence-electron chi connectivity index (χ3n) is 8.54. The Kier molecular flexibility index (Phi) is 8.12. The molecule has 1 amide bonds. The molecule has 0 bridgehead atoms. The fraction of sp³-hybridized carbons (Fsp3) is 0.533. The maximum atomic E-state index is 14.3. The van der Waals surface area contributed by atoms with Crippen LogP contribution in [0, 0.1) is 13.8 Å². The van der Waals surface area contributed by atoms with Gasteiger partial charge in [-0.05, 0) is 62.8 Å². The van der Waals surface area contributed by atoms with Crippen LogP contribution in [-0.2, 0) is 23.9 Å². The summed E-state index contributed by atoms with van der Waals surface area (Å²) in [5, 5.41) is 7.45. The molecule has 3 aliphatic rings. The van der Waals surface area contributed by atoms with Crippen molar-refractivity contribution in [1.29, 1.82) is 0 Å². The third kappa shape index (κ3) is 6.23. The van der Waals surface area contributed by atoms with Crippen LogP contribution >= 0.6 is 0 Å². The van der Waals surface area contributed by atoms with Crippen LogP contribution in [0.5, 0.6) is 0 Å². The summed E-state index contributed by atoms with van der Waals surface area (Å²) in [6.45, 7) is 5.81. The van der Waals surface area contributed by atoms with Gasteiger partial charge in [-0.1, -0.05) is 11.2 Å². The smallest absolute Gasteiger partial charge is 0.378 e. The van der Waals surface area contributed by atoms with Gasteiger partial charge in [-0.15, -0.1) is 0 Å². The number of carbonyl (C=O) groups excluding carboxylic acids is 1. The predicted octanol–water partition coefficient (Wildman–Crippen LogP) is 4.65. The van der Waals surface area contributed by atoms with Gasteiger partial charge in [0.05, 0.1) is 12.2 Å². The second-order valence-corrected chi connectivity index (χ2v) is 11.5. The van der Waals surface area contributed by atoms with Crippen LogP contribution < -0.4 is 10.2 Å². The minimum atomic E-state index is -4.44. The van der Waals surface area contributed by atoms with Gasteiger partial charge in [-0.2, -0.15) is 13.2 Å². The number of piperidine rings is 1. The van der Waals surface area contributed by atoms with E-state index < -0.39 is 17.9 Å². The highest BCUT2D eigenvalue weighted by atomic mass is 19.4. The number of anilines is 1. The highest BCUT2D eigenvalue weighted by Crippen LogP contribution is 2.34. The monoisotopic (exact) mass is 602 g/mol. The van der Waals surface area contributed by atoms with Gasteiger partial charge in [-0.3, -0.25) is 4.79 Å². The third-order valence-corrected chi connectivity index (χ3v) is 8.54. The summed E-state index contributed by atoms with van der Waals surface area (Å²) in [5.74, 6) is 0.977. The number of halogens is 4.